The van der Waals surface area contributed by atoms with Crippen LogP contribution in [-0.4, -0.2) is 57.4 Å². The standard InChI is InChI=1S/C19H21BrN6/c20-17-4-2-16(3-5-17)6-9-24-10-12-25(13-11-24)18-14-19(22-15-21-18)26-8-1-7-23-26/h1-5,7-8,14-15H,6,9-13H2. The van der Waals surface area contributed by atoms with Crippen LogP contribution in [0.3, 0.4) is 0 Å². The lowest BCUT2D eigenvalue weighted by atomic mass is 10.1. The number of benzene rings is 1. The van der Waals surface area contributed by atoms with Gasteiger partial charge in [0.25, 0.3) is 0 Å². The number of hydrogen-bond acceptors (Lipinski definition) is 5. The molecule has 3 heterocycles. The van der Waals surface area contributed by atoms with Crippen LogP contribution in [-0.2, 0) is 6.42 Å². The molecule has 7 heteroatoms. The number of rotatable bonds is 5. The van der Waals surface area contributed by atoms with Crippen LogP contribution in [0.1, 0.15) is 5.56 Å². The van der Waals surface area contributed by atoms with Crippen molar-refractivity contribution in [1.29, 1.82) is 0 Å². The molecular formula is C19H21BrN6. The number of halogens is 1. The van der Waals surface area contributed by atoms with Gasteiger partial charge < -0.3 is 4.90 Å². The van der Waals surface area contributed by atoms with Gasteiger partial charge in [-0.25, -0.2) is 14.6 Å². The molecule has 134 valence electrons. The minimum absolute atomic E-state index is 0.803. The maximum Gasteiger partial charge on any atom is 0.158 e. The summed E-state index contributed by atoms with van der Waals surface area (Å²) in [4.78, 5) is 13.6. The molecule has 0 spiro atoms. The third-order valence-corrected chi connectivity index (χ3v) is 5.23. The fourth-order valence-electron chi connectivity index (χ4n) is 3.18. The Morgan fingerprint density at radius 1 is 0.962 bits per heavy atom. The largest absolute Gasteiger partial charge is 0.354 e. The zero-order valence-electron chi connectivity index (χ0n) is 14.5. The first kappa shape index (κ1) is 17.2. The zero-order valence-corrected chi connectivity index (χ0v) is 16.1. The Bertz CT molecular complexity index is 826. The molecule has 0 saturated carbocycles. The lowest BCUT2D eigenvalue weighted by Crippen LogP contribution is -2.47. The predicted molar refractivity (Wildman–Crippen MR) is 106 cm³/mol. The molecule has 0 atom stereocenters. The second kappa shape index (κ2) is 7.97. The third-order valence-electron chi connectivity index (χ3n) is 4.70. The van der Waals surface area contributed by atoms with E-state index >= 15 is 0 Å². The van der Waals surface area contributed by atoms with Crippen molar-refractivity contribution in [2.45, 2.75) is 6.42 Å². The van der Waals surface area contributed by atoms with Crippen molar-refractivity contribution in [2.24, 2.45) is 0 Å². The lowest BCUT2D eigenvalue weighted by Gasteiger charge is -2.35. The summed E-state index contributed by atoms with van der Waals surface area (Å²) >= 11 is 3.49. The van der Waals surface area contributed by atoms with Crippen LogP contribution in [0.25, 0.3) is 5.82 Å². The molecule has 0 bridgehead atoms. The van der Waals surface area contributed by atoms with Gasteiger partial charge in [-0.05, 0) is 30.2 Å². The molecule has 1 aliphatic rings. The summed E-state index contributed by atoms with van der Waals surface area (Å²) in [5.41, 5.74) is 1.38. The summed E-state index contributed by atoms with van der Waals surface area (Å²) in [6.07, 6.45) is 6.36. The van der Waals surface area contributed by atoms with Gasteiger partial charge in [-0.1, -0.05) is 28.1 Å². The van der Waals surface area contributed by atoms with E-state index in [4.69, 9.17) is 0 Å². The maximum absolute atomic E-state index is 4.45. The number of aromatic nitrogens is 4. The fourth-order valence-corrected chi connectivity index (χ4v) is 3.44. The molecule has 1 fully saturated rings. The van der Waals surface area contributed by atoms with E-state index in [9.17, 15) is 0 Å². The van der Waals surface area contributed by atoms with Crippen LogP contribution < -0.4 is 4.90 Å². The lowest BCUT2D eigenvalue weighted by molar-refractivity contribution is 0.260. The summed E-state index contributed by atoms with van der Waals surface area (Å²) in [5, 5.41) is 4.24. The molecule has 26 heavy (non-hydrogen) atoms. The second-order valence-corrected chi connectivity index (χ2v) is 7.31. The van der Waals surface area contributed by atoms with E-state index in [2.05, 4.69) is 65.1 Å². The summed E-state index contributed by atoms with van der Waals surface area (Å²) < 4.78 is 2.90. The van der Waals surface area contributed by atoms with E-state index in [1.165, 1.54) is 5.56 Å². The van der Waals surface area contributed by atoms with Crippen LogP contribution in [0.15, 0.2) is 59.6 Å². The Labute approximate surface area is 161 Å². The molecule has 1 aliphatic heterocycles. The Hall–Kier alpha value is -2.25. The van der Waals surface area contributed by atoms with Gasteiger partial charge in [-0.15, -0.1) is 0 Å². The molecule has 0 aliphatic carbocycles. The SMILES string of the molecule is Brc1ccc(CCN2CCN(c3cc(-n4cccn4)ncn3)CC2)cc1. The van der Waals surface area contributed by atoms with E-state index in [1.54, 1.807) is 17.2 Å². The molecule has 6 nitrogen and oxygen atoms in total. The molecule has 2 aromatic heterocycles. The fraction of sp³-hybridized carbons (Fsp3) is 0.316. The van der Waals surface area contributed by atoms with Gasteiger partial charge in [0.15, 0.2) is 5.82 Å². The van der Waals surface area contributed by atoms with E-state index in [1.807, 2.05) is 18.3 Å². The number of nitrogens with zero attached hydrogens (tertiary/aromatic N) is 6. The van der Waals surface area contributed by atoms with Crippen molar-refractivity contribution in [1.82, 2.24) is 24.6 Å². The van der Waals surface area contributed by atoms with E-state index in [0.29, 0.717) is 0 Å². The van der Waals surface area contributed by atoms with Crippen LogP contribution in [0, 0.1) is 0 Å². The monoisotopic (exact) mass is 412 g/mol. The number of anilines is 1. The predicted octanol–water partition coefficient (Wildman–Crippen LogP) is 2.79. The van der Waals surface area contributed by atoms with Crippen molar-refractivity contribution in [3.8, 4) is 5.82 Å². The summed E-state index contributed by atoms with van der Waals surface area (Å²) in [6, 6.07) is 12.5. The van der Waals surface area contributed by atoms with E-state index < -0.39 is 0 Å². The van der Waals surface area contributed by atoms with Gasteiger partial charge in [0.2, 0.25) is 0 Å². The minimum Gasteiger partial charge on any atom is -0.354 e. The molecule has 0 unspecified atom stereocenters. The van der Waals surface area contributed by atoms with E-state index in [-0.39, 0.29) is 0 Å². The van der Waals surface area contributed by atoms with Gasteiger partial charge in [-0.2, -0.15) is 5.10 Å². The van der Waals surface area contributed by atoms with Gasteiger partial charge >= 0.3 is 0 Å². The van der Waals surface area contributed by atoms with E-state index in [0.717, 1.165) is 55.3 Å². The average Bonchev–Trinajstić information content (AvgIpc) is 3.23. The molecule has 0 radical (unpaired) electrons. The highest BCUT2D eigenvalue weighted by Crippen LogP contribution is 2.16. The first-order chi connectivity index (χ1) is 12.8. The molecule has 1 saturated heterocycles. The first-order valence-electron chi connectivity index (χ1n) is 8.82. The third kappa shape index (κ3) is 4.11. The van der Waals surface area contributed by atoms with Crippen molar-refractivity contribution >= 4 is 21.7 Å². The highest BCUT2D eigenvalue weighted by atomic mass is 79.9. The smallest absolute Gasteiger partial charge is 0.158 e. The highest BCUT2D eigenvalue weighted by molar-refractivity contribution is 9.10. The number of hydrogen-bond donors (Lipinski definition) is 0. The van der Waals surface area contributed by atoms with Gasteiger partial charge in [0.05, 0.1) is 0 Å². The summed E-state index contributed by atoms with van der Waals surface area (Å²) in [7, 11) is 0. The van der Waals surface area contributed by atoms with Crippen molar-refractivity contribution in [3.63, 3.8) is 0 Å². The zero-order chi connectivity index (χ0) is 17.8. The number of piperazine rings is 1. The van der Waals surface area contributed by atoms with Gasteiger partial charge in [-0.3, -0.25) is 4.90 Å². The Morgan fingerprint density at radius 3 is 2.46 bits per heavy atom. The van der Waals surface area contributed by atoms with Crippen LogP contribution >= 0.6 is 15.9 Å². The molecular weight excluding hydrogens is 392 g/mol. The normalized spacial score (nSPS) is 15.3. The summed E-state index contributed by atoms with van der Waals surface area (Å²) in [6.45, 7) is 5.17. The van der Waals surface area contributed by atoms with Crippen molar-refractivity contribution < 1.29 is 0 Å². The maximum atomic E-state index is 4.45. The Balaban J connectivity index is 1.32. The Kier molecular flexibility index (Phi) is 5.26. The van der Waals surface area contributed by atoms with Gasteiger partial charge in [0.1, 0.15) is 12.1 Å². The summed E-state index contributed by atoms with van der Waals surface area (Å²) in [5.74, 6) is 1.77. The molecule has 3 aromatic rings. The van der Waals surface area contributed by atoms with Gasteiger partial charge in [0, 0.05) is 55.7 Å². The molecule has 1 aromatic carbocycles. The van der Waals surface area contributed by atoms with Crippen molar-refractivity contribution in [2.75, 3.05) is 37.6 Å². The molecule has 0 amide bonds. The Morgan fingerprint density at radius 2 is 1.73 bits per heavy atom. The quantitative estimate of drug-likeness (QED) is 0.644. The van der Waals surface area contributed by atoms with Crippen molar-refractivity contribution in [3.05, 3.63) is 65.2 Å². The first-order valence-corrected chi connectivity index (χ1v) is 9.61. The topological polar surface area (TPSA) is 50.1 Å². The molecule has 4 rings (SSSR count). The van der Waals surface area contributed by atoms with Crippen LogP contribution in [0.4, 0.5) is 5.82 Å². The average molecular weight is 413 g/mol. The minimum atomic E-state index is 0.803. The highest BCUT2D eigenvalue weighted by Gasteiger charge is 2.18. The van der Waals surface area contributed by atoms with Crippen LogP contribution in [0.5, 0.6) is 0 Å². The molecule has 0 N–H and O–H groups in total. The van der Waals surface area contributed by atoms with Crippen LogP contribution in [0.2, 0.25) is 0 Å². The second-order valence-electron chi connectivity index (χ2n) is 6.39.